The molecule has 1 aromatic carbocycles. The zero-order valence-electron chi connectivity index (χ0n) is 11.0. The number of benzene rings is 1. The number of carbonyl (C=O) groups excluding carboxylic acids is 1. The fraction of sp³-hybridized carbons (Fsp3) is 0.429. The third-order valence-electron chi connectivity index (χ3n) is 3.54. The second-order valence-corrected chi connectivity index (χ2v) is 5.13. The Morgan fingerprint density at radius 2 is 2.11 bits per heavy atom. The largest absolute Gasteiger partial charge is 0.409 e. The van der Waals surface area contributed by atoms with Crippen LogP contribution in [0.2, 0.25) is 0 Å². The van der Waals surface area contributed by atoms with Gasteiger partial charge in [-0.25, -0.2) is 0 Å². The SMILES string of the molecule is CC(Cc1ccccc1)NC(=O)C1(/C(N)=N/O)CC1. The van der Waals surface area contributed by atoms with Gasteiger partial charge in [-0.2, -0.15) is 0 Å². The quantitative estimate of drug-likeness (QED) is 0.323. The van der Waals surface area contributed by atoms with Crippen molar-refractivity contribution in [2.24, 2.45) is 16.3 Å². The van der Waals surface area contributed by atoms with Gasteiger partial charge in [0.25, 0.3) is 0 Å². The number of amides is 1. The van der Waals surface area contributed by atoms with Crippen LogP contribution in [-0.4, -0.2) is 23.0 Å². The van der Waals surface area contributed by atoms with Gasteiger partial charge in [0.1, 0.15) is 5.41 Å². The second-order valence-electron chi connectivity index (χ2n) is 5.13. The number of carbonyl (C=O) groups is 1. The third kappa shape index (κ3) is 2.86. The molecule has 0 spiro atoms. The number of nitrogens with zero attached hydrogens (tertiary/aromatic N) is 1. The Balaban J connectivity index is 1.93. The maximum atomic E-state index is 12.1. The van der Waals surface area contributed by atoms with Gasteiger partial charge in [0.2, 0.25) is 5.91 Å². The van der Waals surface area contributed by atoms with E-state index in [4.69, 9.17) is 10.9 Å². The summed E-state index contributed by atoms with van der Waals surface area (Å²) in [5.41, 5.74) is 5.97. The fourth-order valence-corrected chi connectivity index (χ4v) is 2.20. The van der Waals surface area contributed by atoms with Crippen molar-refractivity contribution in [3.05, 3.63) is 35.9 Å². The molecule has 5 nitrogen and oxygen atoms in total. The predicted octanol–water partition coefficient (Wildman–Crippen LogP) is 1.26. The summed E-state index contributed by atoms with van der Waals surface area (Å²) in [6, 6.07) is 9.98. The van der Waals surface area contributed by atoms with Gasteiger partial charge in [-0.15, -0.1) is 0 Å². The second kappa shape index (κ2) is 5.30. The van der Waals surface area contributed by atoms with Crippen LogP contribution in [0.3, 0.4) is 0 Å². The molecule has 1 aliphatic carbocycles. The molecule has 1 fully saturated rings. The summed E-state index contributed by atoms with van der Waals surface area (Å²) in [6.07, 6.45) is 2.05. The summed E-state index contributed by atoms with van der Waals surface area (Å²) in [4.78, 5) is 12.1. The van der Waals surface area contributed by atoms with Crippen molar-refractivity contribution in [3.8, 4) is 0 Å². The van der Waals surface area contributed by atoms with E-state index in [0.717, 1.165) is 6.42 Å². The first kappa shape index (κ1) is 13.4. The lowest BCUT2D eigenvalue weighted by Gasteiger charge is -2.18. The van der Waals surface area contributed by atoms with Crippen molar-refractivity contribution < 1.29 is 10.0 Å². The van der Waals surface area contributed by atoms with Gasteiger partial charge in [-0.3, -0.25) is 4.79 Å². The van der Waals surface area contributed by atoms with E-state index >= 15 is 0 Å². The molecule has 0 heterocycles. The van der Waals surface area contributed by atoms with Crippen LogP contribution in [0.4, 0.5) is 0 Å². The van der Waals surface area contributed by atoms with Gasteiger partial charge < -0.3 is 16.3 Å². The Labute approximate surface area is 112 Å². The molecule has 0 saturated heterocycles. The zero-order chi connectivity index (χ0) is 13.9. The van der Waals surface area contributed by atoms with Crippen molar-refractivity contribution in [3.63, 3.8) is 0 Å². The highest BCUT2D eigenvalue weighted by molar-refractivity contribution is 6.09. The number of rotatable bonds is 5. The molecule has 1 aromatic rings. The molecule has 1 atom stereocenters. The number of amidine groups is 1. The minimum atomic E-state index is -0.778. The molecular formula is C14H19N3O2. The van der Waals surface area contributed by atoms with Crippen molar-refractivity contribution >= 4 is 11.7 Å². The summed E-state index contributed by atoms with van der Waals surface area (Å²) >= 11 is 0. The number of nitrogens with one attached hydrogen (secondary N) is 1. The summed E-state index contributed by atoms with van der Waals surface area (Å²) in [5.74, 6) is -0.136. The molecule has 1 aliphatic rings. The smallest absolute Gasteiger partial charge is 0.234 e. The lowest BCUT2D eigenvalue weighted by molar-refractivity contribution is -0.124. The Kier molecular flexibility index (Phi) is 3.74. The number of hydrogen-bond donors (Lipinski definition) is 3. The molecule has 0 aromatic heterocycles. The highest BCUT2D eigenvalue weighted by Gasteiger charge is 2.54. The highest BCUT2D eigenvalue weighted by atomic mass is 16.4. The van der Waals surface area contributed by atoms with Crippen molar-refractivity contribution in [2.45, 2.75) is 32.2 Å². The van der Waals surface area contributed by atoms with Crippen LogP contribution in [0, 0.1) is 5.41 Å². The van der Waals surface area contributed by atoms with Gasteiger partial charge in [0, 0.05) is 6.04 Å². The van der Waals surface area contributed by atoms with E-state index in [1.165, 1.54) is 5.56 Å². The van der Waals surface area contributed by atoms with E-state index < -0.39 is 5.41 Å². The molecule has 1 unspecified atom stereocenters. The number of oxime groups is 1. The number of nitrogens with two attached hydrogens (primary N) is 1. The maximum absolute atomic E-state index is 12.1. The molecule has 4 N–H and O–H groups in total. The molecule has 0 aliphatic heterocycles. The minimum absolute atomic E-state index is 0.0110. The van der Waals surface area contributed by atoms with Crippen LogP contribution in [0.25, 0.3) is 0 Å². The minimum Gasteiger partial charge on any atom is -0.409 e. The van der Waals surface area contributed by atoms with Gasteiger partial charge in [-0.1, -0.05) is 35.5 Å². The van der Waals surface area contributed by atoms with Gasteiger partial charge in [-0.05, 0) is 31.7 Å². The molecule has 1 amide bonds. The molecule has 5 heteroatoms. The van der Waals surface area contributed by atoms with E-state index in [1.807, 2.05) is 37.3 Å². The van der Waals surface area contributed by atoms with E-state index in [2.05, 4.69) is 10.5 Å². The predicted molar refractivity (Wildman–Crippen MR) is 72.8 cm³/mol. The van der Waals surface area contributed by atoms with E-state index in [1.54, 1.807) is 0 Å². The average molecular weight is 261 g/mol. The van der Waals surface area contributed by atoms with Gasteiger partial charge in [0.15, 0.2) is 5.84 Å². The molecule has 1 saturated carbocycles. The lowest BCUT2D eigenvalue weighted by Crippen LogP contribution is -2.44. The van der Waals surface area contributed by atoms with Crippen LogP contribution in [-0.2, 0) is 11.2 Å². The Bertz CT molecular complexity index is 481. The topological polar surface area (TPSA) is 87.7 Å². The third-order valence-corrected chi connectivity index (χ3v) is 3.54. The molecular weight excluding hydrogens is 242 g/mol. The molecule has 102 valence electrons. The number of hydrogen-bond acceptors (Lipinski definition) is 3. The monoisotopic (exact) mass is 261 g/mol. The first-order valence-corrected chi connectivity index (χ1v) is 6.41. The molecule has 2 rings (SSSR count). The summed E-state index contributed by atoms with van der Waals surface area (Å²) < 4.78 is 0. The molecule has 0 radical (unpaired) electrons. The van der Waals surface area contributed by atoms with Crippen molar-refractivity contribution in [1.29, 1.82) is 0 Å². The van der Waals surface area contributed by atoms with Crippen LogP contribution < -0.4 is 11.1 Å². The van der Waals surface area contributed by atoms with Crippen LogP contribution >= 0.6 is 0 Å². The van der Waals surface area contributed by atoms with Crippen molar-refractivity contribution in [2.75, 3.05) is 0 Å². The molecule has 19 heavy (non-hydrogen) atoms. The van der Waals surface area contributed by atoms with E-state index in [0.29, 0.717) is 12.8 Å². The van der Waals surface area contributed by atoms with Crippen molar-refractivity contribution in [1.82, 2.24) is 5.32 Å². The fourth-order valence-electron chi connectivity index (χ4n) is 2.20. The van der Waals surface area contributed by atoms with E-state index in [9.17, 15) is 4.79 Å². The Hall–Kier alpha value is -2.04. The lowest BCUT2D eigenvalue weighted by atomic mass is 10.0. The van der Waals surface area contributed by atoms with Gasteiger partial charge in [0.05, 0.1) is 0 Å². The Morgan fingerprint density at radius 3 is 2.63 bits per heavy atom. The first-order valence-electron chi connectivity index (χ1n) is 6.41. The molecule has 0 bridgehead atoms. The zero-order valence-corrected chi connectivity index (χ0v) is 11.0. The van der Waals surface area contributed by atoms with Crippen LogP contribution in [0.1, 0.15) is 25.3 Å². The average Bonchev–Trinajstić information content (AvgIpc) is 3.20. The van der Waals surface area contributed by atoms with Gasteiger partial charge >= 0.3 is 0 Å². The maximum Gasteiger partial charge on any atom is 0.234 e. The first-order chi connectivity index (χ1) is 9.08. The Morgan fingerprint density at radius 1 is 1.47 bits per heavy atom. The summed E-state index contributed by atoms with van der Waals surface area (Å²) in [6.45, 7) is 1.95. The van der Waals surface area contributed by atoms with Crippen LogP contribution in [0.5, 0.6) is 0 Å². The van der Waals surface area contributed by atoms with Crippen LogP contribution in [0.15, 0.2) is 35.5 Å². The summed E-state index contributed by atoms with van der Waals surface area (Å²) in [7, 11) is 0. The summed E-state index contributed by atoms with van der Waals surface area (Å²) in [5, 5.41) is 14.6. The standard InChI is InChI=1S/C14H19N3O2/c1-10(9-11-5-3-2-4-6-11)16-13(18)14(7-8-14)12(15)17-19/h2-6,10,19H,7-9H2,1H3,(H2,15,17)(H,16,18). The normalized spacial score (nSPS) is 18.7. The van der Waals surface area contributed by atoms with E-state index in [-0.39, 0.29) is 17.8 Å². The highest BCUT2D eigenvalue weighted by Crippen LogP contribution is 2.46.